The molecule has 0 aromatic heterocycles. The summed E-state index contributed by atoms with van der Waals surface area (Å²) in [5.41, 5.74) is 1.77. The topological polar surface area (TPSA) is 32.3 Å². The van der Waals surface area contributed by atoms with E-state index in [1.165, 1.54) is 5.56 Å². The van der Waals surface area contributed by atoms with Gasteiger partial charge in [0, 0.05) is 20.1 Å². The fourth-order valence-electron chi connectivity index (χ4n) is 2.46. The van der Waals surface area contributed by atoms with Gasteiger partial charge in [-0.1, -0.05) is 38.1 Å². The van der Waals surface area contributed by atoms with Gasteiger partial charge in [0.2, 0.25) is 5.91 Å². The summed E-state index contributed by atoms with van der Waals surface area (Å²) >= 11 is 0. The summed E-state index contributed by atoms with van der Waals surface area (Å²) < 4.78 is 0. The smallest absolute Gasteiger partial charge is 0.246 e. The minimum absolute atomic E-state index is 0.144. The van der Waals surface area contributed by atoms with Crippen LogP contribution in [0.15, 0.2) is 24.3 Å². The average molecular weight is 246 g/mol. The molecule has 1 heterocycles. The molecule has 0 saturated carbocycles. The number of carbonyl (C=O) groups is 1. The van der Waals surface area contributed by atoms with Crippen molar-refractivity contribution in [3.05, 3.63) is 35.4 Å². The van der Waals surface area contributed by atoms with Crippen LogP contribution in [-0.4, -0.2) is 30.9 Å². The Morgan fingerprint density at radius 2 is 1.89 bits per heavy atom. The van der Waals surface area contributed by atoms with Gasteiger partial charge in [0.1, 0.15) is 5.54 Å². The lowest BCUT2D eigenvalue weighted by Crippen LogP contribution is -2.59. The van der Waals surface area contributed by atoms with Crippen LogP contribution in [0.4, 0.5) is 0 Å². The first-order valence-corrected chi connectivity index (χ1v) is 6.56. The molecule has 0 spiro atoms. The first kappa shape index (κ1) is 13.1. The summed E-state index contributed by atoms with van der Waals surface area (Å²) in [7, 11) is 1.86. The molecule has 3 heteroatoms. The van der Waals surface area contributed by atoms with Gasteiger partial charge in [0.25, 0.3) is 0 Å². The number of benzene rings is 1. The zero-order valence-corrected chi connectivity index (χ0v) is 11.7. The quantitative estimate of drug-likeness (QED) is 0.866. The normalized spacial score (nSPS) is 24.7. The number of piperazine rings is 1. The van der Waals surface area contributed by atoms with Crippen LogP contribution in [0, 0.1) is 0 Å². The number of carbonyl (C=O) groups excluding carboxylic acids is 1. The summed E-state index contributed by atoms with van der Waals surface area (Å²) in [6, 6.07) is 8.38. The molecule has 1 fully saturated rings. The van der Waals surface area contributed by atoms with Gasteiger partial charge in [0.05, 0.1) is 0 Å². The highest BCUT2D eigenvalue weighted by Crippen LogP contribution is 2.26. The third-order valence-corrected chi connectivity index (χ3v) is 3.85. The predicted molar refractivity (Wildman–Crippen MR) is 73.5 cm³/mol. The number of hydrogen-bond acceptors (Lipinski definition) is 2. The molecule has 18 heavy (non-hydrogen) atoms. The van der Waals surface area contributed by atoms with Crippen molar-refractivity contribution in [1.29, 1.82) is 0 Å². The van der Waals surface area contributed by atoms with Crippen molar-refractivity contribution in [2.45, 2.75) is 32.2 Å². The third kappa shape index (κ3) is 2.15. The van der Waals surface area contributed by atoms with Crippen molar-refractivity contribution in [3.8, 4) is 0 Å². The number of hydrogen-bond donors (Lipinski definition) is 1. The molecule has 1 aliphatic rings. The molecule has 3 nitrogen and oxygen atoms in total. The first-order chi connectivity index (χ1) is 8.45. The monoisotopic (exact) mass is 246 g/mol. The van der Waals surface area contributed by atoms with E-state index in [4.69, 9.17) is 0 Å². The number of nitrogens with zero attached hydrogens (tertiary/aromatic N) is 1. The van der Waals surface area contributed by atoms with Crippen molar-refractivity contribution < 1.29 is 4.79 Å². The van der Waals surface area contributed by atoms with Crippen molar-refractivity contribution in [1.82, 2.24) is 10.2 Å². The van der Waals surface area contributed by atoms with E-state index in [2.05, 4.69) is 43.4 Å². The Morgan fingerprint density at radius 3 is 2.44 bits per heavy atom. The van der Waals surface area contributed by atoms with Gasteiger partial charge >= 0.3 is 0 Å². The molecule has 1 N–H and O–H groups in total. The Kier molecular flexibility index (Phi) is 3.44. The van der Waals surface area contributed by atoms with Crippen LogP contribution >= 0.6 is 0 Å². The van der Waals surface area contributed by atoms with Crippen molar-refractivity contribution in [3.63, 3.8) is 0 Å². The Labute approximate surface area is 109 Å². The summed E-state index contributed by atoms with van der Waals surface area (Å²) in [6.07, 6.45) is 0. The molecule has 1 aliphatic heterocycles. The van der Waals surface area contributed by atoms with Crippen molar-refractivity contribution in [2.75, 3.05) is 20.1 Å². The molecular formula is C15H22N2O. The first-order valence-electron chi connectivity index (χ1n) is 6.56. The molecular weight excluding hydrogens is 224 g/mol. The van der Waals surface area contributed by atoms with Gasteiger partial charge in [-0.2, -0.15) is 0 Å². The Morgan fingerprint density at radius 1 is 1.28 bits per heavy atom. The average Bonchev–Trinajstić information content (AvgIpc) is 2.36. The highest BCUT2D eigenvalue weighted by Gasteiger charge is 2.39. The van der Waals surface area contributed by atoms with Crippen LogP contribution in [0.1, 0.15) is 37.8 Å². The minimum atomic E-state index is -0.581. The minimum Gasteiger partial charge on any atom is -0.343 e. The summed E-state index contributed by atoms with van der Waals surface area (Å²) in [6.45, 7) is 7.93. The second-order valence-electron chi connectivity index (χ2n) is 5.56. The summed E-state index contributed by atoms with van der Waals surface area (Å²) in [5.74, 6) is 0.663. The zero-order valence-electron chi connectivity index (χ0n) is 11.7. The van der Waals surface area contributed by atoms with Gasteiger partial charge in [-0.05, 0) is 24.0 Å². The van der Waals surface area contributed by atoms with Gasteiger partial charge < -0.3 is 4.90 Å². The highest BCUT2D eigenvalue weighted by molar-refractivity contribution is 5.87. The molecule has 1 atom stereocenters. The van der Waals surface area contributed by atoms with Gasteiger partial charge in [0.15, 0.2) is 0 Å². The second kappa shape index (κ2) is 4.73. The van der Waals surface area contributed by atoms with Gasteiger partial charge in [-0.3, -0.25) is 10.1 Å². The van der Waals surface area contributed by atoms with E-state index in [0.717, 1.165) is 18.7 Å². The lowest BCUT2D eigenvalue weighted by molar-refractivity contribution is -0.139. The Hall–Kier alpha value is -1.35. The lowest BCUT2D eigenvalue weighted by Gasteiger charge is -2.39. The zero-order chi connectivity index (χ0) is 13.3. The van der Waals surface area contributed by atoms with E-state index in [9.17, 15) is 4.79 Å². The predicted octanol–water partition coefficient (Wildman–Crippen LogP) is 2.09. The molecule has 1 aromatic carbocycles. The van der Waals surface area contributed by atoms with Crippen molar-refractivity contribution >= 4 is 5.91 Å². The van der Waals surface area contributed by atoms with Crippen LogP contribution in [-0.2, 0) is 10.3 Å². The fourth-order valence-corrected chi connectivity index (χ4v) is 2.46. The lowest BCUT2D eigenvalue weighted by atomic mass is 9.87. The maximum atomic E-state index is 12.3. The molecule has 0 radical (unpaired) electrons. The molecule has 1 amide bonds. The van der Waals surface area contributed by atoms with Crippen LogP contribution in [0.3, 0.4) is 0 Å². The fraction of sp³-hybridized carbons (Fsp3) is 0.533. The van der Waals surface area contributed by atoms with Crippen LogP contribution in [0.2, 0.25) is 0 Å². The van der Waals surface area contributed by atoms with Crippen LogP contribution in [0.5, 0.6) is 0 Å². The molecule has 1 aromatic rings. The molecule has 1 unspecified atom stereocenters. The molecule has 0 bridgehead atoms. The molecule has 98 valence electrons. The maximum absolute atomic E-state index is 12.3. The third-order valence-electron chi connectivity index (χ3n) is 3.85. The number of nitrogens with one attached hydrogen (secondary N) is 1. The molecule has 0 aliphatic carbocycles. The largest absolute Gasteiger partial charge is 0.343 e. The van der Waals surface area contributed by atoms with Gasteiger partial charge in [-0.15, -0.1) is 0 Å². The van der Waals surface area contributed by atoms with Gasteiger partial charge in [-0.25, -0.2) is 0 Å². The van der Waals surface area contributed by atoms with Crippen molar-refractivity contribution in [2.24, 2.45) is 0 Å². The van der Waals surface area contributed by atoms with E-state index in [1.54, 1.807) is 4.90 Å². The van der Waals surface area contributed by atoms with E-state index in [-0.39, 0.29) is 5.91 Å². The number of rotatable bonds is 2. The van der Waals surface area contributed by atoms with E-state index in [1.807, 2.05) is 14.0 Å². The maximum Gasteiger partial charge on any atom is 0.246 e. The standard InChI is InChI=1S/C15H22N2O/c1-11(2)12-5-7-13(8-6-12)15(3)14(18)17(4)10-9-16-15/h5-8,11,16H,9-10H2,1-4H3. The van der Waals surface area contributed by atoms with Crippen LogP contribution < -0.4 is 5.32 Å². The van der Waals surface area contributed by atoms with E-state index >= 15 is 0 Å². The van der Waals surface area contributed by atoms with E-state index in [0.29, 0.717) is 5.92 Å². The Balaban J connectivity index is 2.32. The SMILES string of the molecule is CC(C)c1ccc(C2(C)NCCN(C)C2=O)cc1. The molecule has 2 rings (SSSR count). The molecule has 1 saturated heterocycles. The summed E-state index contributed by atoms with van der Waals surface area (Å²) in [5, 5.41) is 3.35. The summed E-state index contributed by atoms with van der Waals surface area (Å²) in [4.78, 5) is 14.1. The Bertz CT molecular complexity index is 438. The van der Waals surface area contributed by atoms with E-state index < -0.39 is 5.54 Å². The van der Waals surface area contributed by atoms with Crippen LogP contribution in [0.25, 0.3) is 0 Å². The number of likely N-dealkylation sites (N-methyl/N-ethyl adjacent to an activating group) is 1. The number of amides is 1. The second-order valence-corrected chi connectivity index (χ2v) is 5.56. The highest BCUT2D eigenvalue weighted by atomic mass is 16.2.